The van der Waals surface area contributed by atoms with Crippen molar-refractivity contribution in [1.82, 2.24) is 5.43 Å². The zero-order valence-electron chi connectivity index (χ0n) is 14.8. The van der Waals surface area contributed by atoms with Crippen molar-refractivity contribution in [3.63, 3.8) is 0 Å². The maximum absolute atomic E-state index is 12.9. The van der Waals surface area contributed by atoms with Crippen LogP contribution in [0.15, 0.2) is 79.2 Å². The first kappa shape index (κ1) is 21.7. The smallest absolute Gasteiger partial charge is 0.271 e. The van der Waals surface area contributed by atoms with Crippen molar-refractivity contribution in [2.75, 3.05) is 0 Å². The van der Waals surface area contributed by atoms with E-state index in [0.29, 0.717) is 17.9 Å². The largest absolute Gasteiger partial charge is 0.487 e. The summed E-state index contributed by atoms with van der Waals surface area (Å²) in [6.07, 6.45) is 1.51. The molecule has 0 atom stereocenters. The van der Waals surface area contributed by atoms with Gasteiger partial charge in [0.1, 0.15) is 18.2 Å². The minimum Gasteiger partial charge on any atom is -0.487 e. The highest BCUT2D eigenvalue weighted by atomic mass is 79.9. The zero-order valence-corrected chi connectivity index (χ0v) is 19.6. The van der Waals surface area contributed by atoms with Crippen LogP contribution in [0.2, 0.25) is 0 Å². The molecule has 0 aliphatic heterocycles. The van der Waals surface area contributed by atoms with Crippen molar-refractivity contribution in [2.45, 2.75) is 6.61 Å². The van der Waals surface area contributed by atoms with Crippen LogP contribution < -0.4 is 10.2 Å². The molecule has 0 bridgehead atoms. The molecule has 0 radical (unpaired) electrons. The normalized spacial score (nSPS) is 10.9. The Labute approximate surface area is 192 Å². The van der Waals surface area contributed by atoms with E-state index in [1.54, 1.807) is 0 Å². The van der Waals surface area contributed by atoms with E-state index in [9.17, 15) is 9.18 Å². The van der Waals surface area contributed by atoms with Gasteiger partial charge >= 0.3 is 0 Å². The Morgan fingerprint density at radius 3 is 2.24 bits per heavy atom. The average molecular weight is 585 g/mol. The third kappa shape index (κ3) is 6.22. The fourth-order valence-electron chi connectivity index (χ4n) is 2.36. The van der Waals surface area contributed by atoms with Crippen LogP contribution in [-0.4, -0.2) is 12.1 Å². The van der Waals surface area contributed by atoms with Gasteiger partial charge in [-0.3, -0.25) is 4.79 Å². The third-order valence-corrected chi connectivity index (χ3v) is 5.51. The average Bonchev–Trinajstić information content (AvgIpc) is 2.69. The second-order valence-corrected chi connectivity index (χ2v) is 8.56. The third-order valence-electron chi connectivity index (χ3n) is 3.80. The topological polar surface area (TPSA) is 50.7 Å². The number of carbonyl (C=O) groups excluding carboxylic acids is 1. The van der Waals surface area contributed by atoms with E-state index in [1.165, 1.54) is 30.5 Å². The molecule has 0 unspecified atom stereocenters. The zero-order chi connectivity index (χ0) is 20.8. The number of nitrogens with zero attached hydrogens (tertiary/aromatic N) is 1. The minimum absolute atomic E-state index is 0.322. The molecule has 1 N–H and O–H groups in total. The number of benzene rings is 3. The lowest BCUT2D eigenvalue weighted by Gasteiger charge is -2.11. The standard InChI is InChI=1S/C21H14Br3FN2O2/c22-16-5-1-13(2-6-16)12-29-20-18(23)9-14(10-19(20)24)11-26-27-21(28)15-3-7-17(25)8-4-15/h1-11H,12H2,(H,27,28)/b26-11-. The highest BCUT2D eigenvalue weighted by Crippen LogP contribution is 2.35. The van der Waals surface area contributed by atoms with Crippen LogP contribution in [-0.2, 0) is 6.61 Å². The molecule has 0 aliphatic rings. The van der Waals surface area contributed by atoms with Gasteiger partial charge in [-0.05, 0) is 91.5 Å². The Morgan fingerprint density at radius 1 is 1.00 bits per heavy atom. The molecule has 0 spiro atoms. The number of hydrogen-bond donors (Lipinski definition) is 1. The molecule has 0 saturated heterocycles. The van der Waals surface area contributed by atoms with Gasteiger partial charge in [0.05, 0.1) is 15.2 Å². The van der Waals surface area contributed by atoms with Crippen molar-refractivity contribution in [3.05, 3.63) is 96.6 Å². The number of halogens is 4. The van der Waals surface area contributed by atoms with E-state index in [0.717, 1.165) is 24.5 Å². The van der Waals surface area contributed by atoms with Crippen molar-refractivity contribution < 1.29 is 13.9 Å². The lowest BCUT2D eigenvalue weighted by atomic mass is 10.2. The number of hydrazone groups is 1. The van der Waals surface area contributed by atoms with E-state index < -0.39 is 11.7 Å². The van der Waals surface area contributed by atoms with Crippen LogP contribution in [0.1, 0.15) is 21.5 Å². The van der Waals surface area contributed by atoms with Gasteiger partial charge in [0.25, 0.3) is 5.91 Å². The summed E-state index contributed by atoms with van der Waals surface area (Å²) in [4.78, 5) is 12.0. The lowest BCUT2D eigenvalue weighted by Crippen LogP contribution is -2.17. The van der Waals surface area contributed by atoms with Crippen molar-refractivity contribution in [2.24, 2.45) is 5.10 Å². The van der Waals surface area contributed by atoms with Crippen LogP contribution in [0, 0.1) is 5.82 Å². The van der Waals surface area contributed by atoms with E-state index in [1.807, 2.05) is 36.4 Å². The molecule has 3 aromatic carbocycles. The molecule has 0 saturated carbocycles. The van der Waals surface area contributed by atoms with E-state index in [2.05, 4.69) is 58.3 Å². The Bertz CT molecular complexity index is 1020. The summed E-state index contributed by atoms with van der Waals surface area (Å²) in [7, 11) is 0. The second-order valence-electron chi connectivity index (χ2n) is 5.93. The van der Waals surface area contributed by atoms with Gasteiger partial charge < -0.3 is 4.74 Å². The van der Waals surface area contributed by atoms with E-state index in [-0.39, 0.29) is 0 Å². The van der Waals surface area contributed by atoms with Crippen LogP contribution in [0.4, 0.5) is 4.39 Å². The molecule has 0 fully saturated rings. The number of amides is 1. The molecule has 3 rings (SSSR count). The summed E-state index contributed by atoms with van der Waals surface area (Å²) >= 11 is 10.4. The van der Waals surface area contributed by atoms with Gasteiger partial charge in [-0.1, -0.05) is 28.1 Å². The summed E-state index contributed by atoms with van der Waals surface area (Å²) in [5.74, 6) is -0.156. The summed E-state index contributed by atoms with van der Waals surface area (Å²) in [6.45, 7) is 0.422. The number of carbonyl (C=O) groups is 1. The van der Waals surface area contributed by atoms with Gasteiger partial charge in [0.2, 0.25) is 0 Å². The molecular weight excluding hydrogens is 571 g/mol. The quantitative estimate of drug-likeness (QED) is 0.267. The van der Waals surface area contributed by atoms with Crippen LogP contribution in [0.5, 0.6) is 5.75 Å². The molecule has 29 heavy (non-hydrogen) atoms. The molecule has 0 aliphatic carbocycles. The van der Waals surface area contributed by atoms with Gasteiger partial charge in [-0.15, -0.1) is 0 Å². The minimum atomic E-state index is -0.422. The molecule has 0 aromatic heterocycles. The van der Waals surface area contributed by atoms with Crippen molar-refractivity contribution in [3.8, 4) is 5.75 Å². The molecule has 4 nitrogen and oxygen atoms in total. The number of rotatable bonds is 6. The van der Waals surface area contributed by atoms with Crippen LogP contribution >= 0.6 is 47.8 Å². The van der Waals surface area contributed by atoms with Gasteiger partial charge in [-0.25, -0.2) is 9.82 Å². The monoisotopic (exact) mass is 582 g/mol. The molecule has 8 heteroatoms. The number of nitrogens with one attached hydrogen (secondary N) is 1. The number of ether oxygens (including phenoxy) is 1. The van der Waals surface area contributed by atoms with E-state index in [4.69, 9.17) is 4.74 Å². The fraction of sp³-hybridized carbons (Fsp3) is 0.0476. The Morgan fingerprint density at radius 2 is 1.62 bits per heavy atom. The maximum Gasteiger partial charge on any atom is 0.271 e. The Kier molecular flexibility index (Phi) is 7.57. The van der Waals surface area contributed by atoms with Gasteiger partial charge in [0, 0.05) is 10.0 Å². The first-order valence-electron chi connectivity index (χ1n) is 8.37. The second kappa shape index (κ2) is 10.1. The van der Waals surface area contributed by atoms with E-state index >= 15 is 0 Å². The van der Waals surface area contributed by atoms with Crippen LogP contribution in [0.3, 0.4) is 0 Å². The van der Waals surface area contributed by atoms with Crippen molar-refractivity contribution in [1.29, 1.82) is 0 Å². The first-order chi connectivity index (χ1) is 13.9. The fourth-order valence-corrected chi connectivity index (χ4v) is 4.07. The Balaban J connectivity index is 1.63. The van der Waals surface area contributed by atoms with Crippen LogP contribution in [0.25, 0.3) is 0 Å². The summed E-state index contributed by atoms with van der Waals surface area (Å²) in [6, 6.07) is 16.8. The summed E-state index contributed by atoms with van der Waals surface area (Å²) < 4.78 is 21.3. The summed E-state index contributed by atoms with van der Waals surface area (Å²) in [5.41, 5.74) is 4.53. The molecule has 0 heterocycles. The highest BCUT2D eigenvalue weighted by molar-refractivity contribution is 9.11. The molecule has 1 amide bonds. The predicted octanol–water partition coefficient (Wildman–Crippen LogP) is 6.46. The maximum atomic E-state index is 12.9. The Hall–Kier alpha value is -2.03. The lowest BCUT2D eigenvalue weighted by molar-refractivity contribution is 0.0955. The van der Waals surface area contributed by atoms with Gasteiger partial charge in [0.15, 0.2) is 0 Å². The van der Waals surface area contributed by atoms with Gasteiger partial charge in [-0.2, -0.15) is 5.10 Å². The first-order valence-corrected chi connectivity index (χ1v) is 10.8. The highest BCUT2D eigenvalue weighted by Gasteiger charge is 2.09. The molecule has 148 valence electrons. The SMILES string of the molecule is O=C(N/N=C\c1cc(Br)c(OCc2ccc(Br)cc2)c(Br)c1)c1ccc(F)cc1. The molecular formula is C21H14Br3FN2O2. The summed E-state index contributed by atoms with van der Waals surface area (Å²) in [5, 5.41) is 3.95. The molecule has 3 aromatic rings. The van der Waals surface area contributed by atoms with Crippen molar-refractivity contribution >= 4 is 59.9 Å². The number of hydrogen-bond acceptors (Lipinski definition) is 3. The predicted molar refractivity (Wildman–Crippen MR) is 122 cm³/mol.